The summed E-state index contributed by atoms with van der Waals surface area (Å²) in [5.41, 5.74) is 1.82. The molecule has 0 N–H and O–H groups in total. The van der Waals surface area contributed by atoms with Gasteiger partial charge in [0.15, 0.2) is 0 Å². The van der Waals surface area contributed by atoms with Crippen molar-refractivity contribution in [2.45, 2.75) is 36.9 Å². The molecule has 1 aliphatic heterocycles. The van der Waals surface area contributed by atoms with E-state index in [-0.39, 0.29) is 18.0 Å². The minimum atomic E-state index is -0.643. The van der Waals surface area contributed by atoms with Gasteiger partial charge in [-0.2, -0.15) is 0 Å². The summed E-state index contributed by atoms with van der Waals surface area (Å²) in [5, 5.41) is 0. The number of nitrogens with zero attached hydrogens (tertiary/aromatic N) is 1. The van der Waals surface area contributed by atoms with E-state index in [9.17, 15) is 9.59 Å². The first-order valence-electron chi connectivity index (χ1n) is 8.95. The zero-order chi connectivity index (χ0) is 19.1. The van der Waals surface area contributed by atoms with Crippen molar-refractivity contribution in [3.63, 3.8) is 0 Å². The summed E-state index contributed by atoms with van der Waals surface area (Å²) in [5.74, 6) is -0.403. The average Bonchev–Trinajstić information content (AvgIpc) is 2.71. The van der Waals surface area contributed by atoms with Crippen LogP contribution >= 0.6 is 15.9 Å². The van der Waals surface area contributed by atoms with Crippen molar-refractivity contribution < 1.29 is 19.1 Å². The molecule has 0 saturated carbocycles. The lowest BCUT2D eigenvalue weighted by molar-refractivity contribution is -0.152. The molecule has 3 rings (SSSR count). The maximum atomic E-state index is 12.6. The Kier molecular flexibility index (Phi) is 6.87. The zero-order valence-corrected chi connectivity index (χ0v) is 16.5. The van der Waals surface area contributed by atoms with Crippen LogP contribution in [0.15, 0.2) is 60.7 Å². The third-order valence-corrected chi connectivity index (χ3v) is 5.31. The number of benzene rings is 2. The van der Waals surface area contributed by atoms with Crippen molar-refractivity contribution in [3.05, 3.63) is 71.8 Å². The number of amides is 1. The van der Waals surface area contributed by atoms with Crippen molar-refractivity contribution in [1.29, 1.82) is 0 Å². The maximum Gasteiger partial charge on any atom is 0.410 e. The van der Waals surface area contributed by atoms with Crippen LogP contribution in [0.4, 0.5) is 4.79 Å². The molecule has 0 aliphatic carbocycles. The van der Waals surface area contributed by atoms with Crippen LogP contribution in [-0.4, -0.2) is 34.4 Å². The standard InChI is InChI=1S/C21H22BrNO4/c22-18-11-12-23(21(25)27-15-17-9-5-2-6-10-17)19(13-18)20(24)26-14-16-7-3-1-4-8-16/h1-10,18-19H,11-15H2. The molecule has 1 saturated heterocycles. The molecular weight excluding hydrogens is 410 g/mol. The van der Waals surface area contributed by atoms with E-state index in [0.717, 1.165) is 17.5 Å². The summed E-state index contributed by atoms with van der Waals surface area (Å²) in [4.78, 5) is 26.8. The molecule has 6 heteroatoms. The van der Waals surface area contributed by atoms with Crippen molar-refractivity contribution >= 4 is 28.0 Å². The molecule has 27 heavy (non-hydrogen) atoms. The first-order valence-corrected chi connectivity index (χ1v) is 9.87. The fraction of sp³-hybridized carbons (Fsp3) is 0.333. The molecule has 1 aliphatic rings. The highest BCUT2D eigenvalue weighted by atomic mass is 79.9. The second-order valence-corrected chi connectivity index (χ2v) is 7.76. The molecule has 2 aromatic carbocycles. The van der Waals surface area contributed by atoms with Crippen LogP contribution in [0.25, 0.3) is 0 Å². The van der Waals surface area contributed by atoms with Gasteiger partial charge in [0.2, 0.25) is 0 Å². The third-order valence-electron chi connectivity index (χ3n) is 4.47. The normalized spacial score (nSPS) is 19.4. The lowest BCUT2D eigenvalue weighted by Gasteiger charge is -2.35. The van der Waals surface area contributed by atoms with Crippen LogP contribution in [0.3, 0.4) is 0 Å². The minimum absolute atomic E-state index is 0.171. The molecule has 142 valence electrons. The second kappa shape index (κ2) is 9.55. The van der Waals surface area contributed by atoms with Crippen LogP contribution < -0.4 is 0 Å². The Labute approximate surface area is 167 Å². The molecule has 0 bridgehead atoms. The smallest absolute Gasteiger partial charge is 0.410 e. The minimum Gasteiger partial charge on any atom is -0.459 e. The van der Waals surface area contributed by atoms with E-state index in [4.69, 9.17) is 9.47 Å². The third kappa shape index (κ3) is 5.57. The lowest BCUT2D eigenvalue weighted by Crippen LogP contribution is -2.51. The Morgan fingerprint density at radius 3 is 2.07 bits per heavy atom. The molecule has 0 aromatic heterocycles. The number of esters is 1. The molecule has 5 nitrogen and oxygen atoms in total. The second-order valence-electron chi connectivity index (χ2n) is 6.46. The van der Waals surface area contributed by atoms with E-state index in [1.807, 2.05) is 60.7 Å². The molecule has 1 amide bonds. The summed E-state index contributed by atoms with van der Waals surface area (Å²) in [6.07, 6.45) is 0.789. The van der Waals surface area contributed by atoms with Gasteiger partial charge in [0.1, 0.15) is 19.3 Å². The summed E-state index contributed by atoms with van der Waals surface area (Å²) in [7, 11) is 0. The van der Waals surface area contributed by atoms with Crippen LogP contribution in [-0.2, 0) is 27.5 Å². The van der Waals surface area contributed by atoms with Gasteiger partial charge in [0.05, 0.1) is 0 Å². The van der Waals surface area contributed by atoms with Gasteiger partial charge in [-0.25, -0.2) is 9.59 Å². The van der Waals surface area contributed by atoms with E-state index >= 15 is 0 Å². The van der Waals surface area contributed by atoms with Crippen LogP contribution in [0.5, 0.6) is 0 Å². The first kappa shape index (κ1) is 19.4. The lowest BCUT2D eigenvalue weighted by atomic mass is 10.0. The van der Waals surface area contributed by atoms with Crippen molar-refractivity contribution in [1.82, 2.24) is 4.90 Å². The predicted molar refractivity (Wildman–Crippen MR) is 105 cm³/mol. The van der Waals surface area contributed by atoms with E-state index in [1.165, 1.54) is 4.90 Å². The number of alkyl halides is 1. The van der Waals surface area contributed by atoms with Crippen molar-refractivity contribution in [3.8, 4) is 0 Å². The van der Waals surface area contributed by atoms with Gasteiger partial charge >= 0.3 is 12.1 Å². The van der Waals surface area contributed by atoms with Gasteiger partial charge in [-0.15, -0.1) is 0 Å². The largest absolute Gasteiger partial charge is 0.459 e. The summed E-state index contributed by atoms with van der Waals surface area (Å²) in [6, 6.07) is 18.3. The number of carbonyl (C=O) groups is 2. The Balaban J connectivity index is 1.59. The van der Waals surface area contributed by atoms with E-state index in [0.29, 0.717) is 13.0 Å². The number of ether oxygens (including phenoxy) is 2. The van der Waals surface area contributed by atoms with Gasteiger partial charge in [0, 0.05) is 11.4 Å². The fourth-order valence-corrected chi connectivity index (χ4v) is 3.55. The monoisotopic (exact) mass is 431 g/mol. The highest BCUT2D eigenvalue weighted by Crippen LogP contribution is 2.25. The fourth-order valence-electron chi connectivity index (χ4n) is 2.99. The Morgan fingerprint density at radius 1 is 0.926 bits per heavy atom. The molecule has 0 radical (unpaired) electrons. The average molecular weight is 432 g/mol. The highest BCUT2D eigenvalue weighted by Gasteiger charge is 2.37. The number of likely N-dealkylation sites (tertiary alicyclic amines) is 1. The van der Waals surface area contributed by atoms with Crippen LogP contribution in [0.1, 0.15) is 24.0 Å². The highest BCUT2D eigenvalue weighted by molar-refractivity contribution is 9.09. The van der Waals surface area contributed by atoms with Gasteiger partial charge in [-0.1, -0.05) is 76.6 Å². The maximum absolute atomic E-state index is 12.6. The number of carbonyl (C=O) groups excluding carboxylic acids is 2. The van der Waals surface area contributed by atoms with Crippen LogP contribution in [0.2, 0.25) is 0 Å². The van der Waals surface area contributed by atoms with Crippen LogP contribution in [0, 0.1) is 0 Å². The Morgan fingerprint density at radius 2 is 1.48 bits per heavy atom. The summed E-state index contributed by atoms with van der Waals surface area (Å²) < 4.78 is 10.9. The molecule has 0 spiro atoms. The molecule has 1 fully saturated rings. The summed E-state index contributed by atoms with van der Waals surface area (Å²) in [6.45, 7) is 0.824. The SMILES string of the molecule is O=C(OCc1ccccc1)C1CC(Br)CCN1C(=O)OCc1ccccc1. The number of rotatable bonds is 5. The van der Waals surface area contributed by atoms with E-state index in [2.05, 4.69) is 15.9 Å². The quantitative estimate of drug-likeness (QED) is 0.523. The topological polar surface area (TPSA) is 55.8 Å². The molecular formula is C21H22BrNO4. The van der Waals surface area contributed by atoms with Gasteiger partial charge < -0.3 is 9.47 Å². The summed E-state index contributed by atoms with van der Waals surface area (Å²) >= 11 is 3.56. The van der Waals surface area contributed by atoms with Gasteiger partial charge in [-0.05, 0) is 24.0 Å². The Hall–Kier alpha value is -2.34. The number of hydrogen-bond donors (Lipinski definition) is 0. The van der Waals surface area contributed by atoms with E-state index < -0.39 is 18.1 Å². The first-order chi connectivity index (χ1) is 13.1. The molecule has 2 unspecified atom stereocenters. The van der Waals surface area contributed by atoms with Crippen molar-refractivity contribution in [2.75, 3.05) is 6.54 Å². The predicted octanol–water partition coefficient (Wildman–Crippen LogP) is 4.29. The van der Waals surface area contributed by atoms with Crippen molar-refractivity contribution in [2.24, 2.45) is 0 Å². The van der Waals surface area contributed by atoms with Gasteiger partial charge in [-0.3, -0.25) is 4.90 Å². The Bertz CT molecular complexity index is 753. The van der Waals surface area contributed by atoms with E-state index in [1.54, 1.807) is 0 Å². The van der Waals surface area contributed by atoms with Gasteiger partial charge in [0.25, 0.3) is 0 Å². The number of piperidine rings is 1. The molecule has 1 heterocycles. The zero-order valence-electron chi connectivity index (χ0n) is 14.9. The number of hydrogen-bond acceptors (Lipinski definition) is 4. The molecule has 2 aromatic rings. The number of halogens is 1. The molecule has 2 atom stereocenters.